The second-order valence-corrected chi connectivity index (χ2v) is 4.40. The van der Waals surface area contributed by atoms with Gasteiger partial charge in [-0.2, -0.15) is 26.3 Å². The molecular formula is C10H14F6N2O4. The molecule has 0 aromatic carbocycles. The third kappa shape index (κ3) is 10.2. The largest absolute Gasteiger partial charge is 0.490 e. The summed E-state index contributed by atoms with van der Waals surface area (Å²) in [6.45, 7) is 2.38. The third-order valence-corrected chi connectivity index (χ3v) is 2.32. The Morgan fingerprint density at radius 3 is 1.32 bits per heavy atom. The topological polar surface area (TPSA) is 98.7 Å². The molecule has 0 atom stereocenters. The van der Waals surface area contributed by atoms with Crippen LogP contribution in [-0.4, -0.2) is 59.7 Å². The van der Waals surface area contributed by atoms with E-state index in [1.54, 1.807) is 0 Å². The molecule has 130 valence electrons. The maximum absolute atomic E-state index is 10.6. The van der Waals surface area contributed by atoms with E-state index >= 15 is 0 Å². The fourth-order valence-corrected chi connectivity index (χ4v) is 0.990. The molecule has 1 saturated heterocycles. The summed E-state index contributed by atoms with van der Waals surface area (Å²) in [5, 5.41) is 21.0. The predicted molar refractivity (Wildman–Crippen MR) is 60.2 cm³/mol. The van der Waals surface area contributed by atoms with Gasteiger partial charge in [-0.1, -0.05) is 0 Å². The first-order chi connectivity index (χ1) is 9.84. The van der Waals surface area contributed by atoms with Crippen LogP contribution < -0.4 is 10.6 Å². The van der Waals surface area contributed by atoms with Crippen LogP contribution in [0.4, 0.5) is 26.3 Å². The van der Waals surface area contributed by atoms with E-state index in [1.807, 2.05) is 0 Å². The molecule has 0 aromatic heterocycles. The predicted octanol–water partition coefficient (Wildman–Crippen LogP) is 0.977. The first-order valence-electron chi connectivity index (χ1n) is 5.91. The Morgan fingerprint density at radius 1 is 0.864 bits per heavy atom. The van der Waals surface area contributed by atoms with Gasteiger partial charge in [-0.3, -0.25) is 0 Å². The van der Waals surface area contributed by atoms with Crippen LogP contribution in [-0.2, 0) is 9.59 Å². The number of alkyl halides is 6. The molecule has 1 heterocycles. The first-order valence-corrected chi connectivity index (χ1v) is 5.91. The molecule has 4 N–H and O–H groups in total. The number of halogens is 6. The number of carboxylic acids is 2. The van der Waals surface area contributed by atoms with Crippen molar-refractivity contribution < 1.29 is 46.1 Å². The van der Waals surface area contributed by atoms with Gasteiger partial charge in [0.05, 0.1) is 0 Å². The lowest BCUT2D eigenvalue weighted by atomic mass is 10.2. The minimum Gasteiger partial charge on any atom is -0.475 e. The van der Waals surface area contributed by atoms with Crippen molar-refractivity contribution in [3.8, 4) is 0 Å². The zero-order valence-corrected chi connectivity index (χ0v) is 11.0. The minimum absolute atomic E-state index is 0.808. The van der Waals surface area contributed by atoms with E-state index in [-0.39, 0.29) is 0 Å². The van der Waals surface area contributed by atoms with Gasteiger partial charge in [-0.25, -0.2) is 9.59 Å². The van der Waals surface area contributed by atoms with Crippen LogP contribution in [0.25, 0.3) is 0 Å². The molecular weight excluding hydrogens is 326 g/mol. The minimum atomic E-state index is -5.08. The zero-order valence-electron chi connectivity index (χ0n) is 11.0. The van der Waals surface area contributed by atoms with E-state index in [9.17, 15) is 26.3 Å². The molecule has 2 aliphatic rings. The molecule has 0 aromatic rings. The number of hydrogen-bond acceptors (Lipinski definition) is 4. The van der Waals surface area contributed by atoms with Crippen molar-refractivity contribution in [1.29, 1.82) is 0 Å². The second-order valence-electron chi connectivity index (χ2n) is 4.40. The number of carbonyl (C=O) groups is 2. The summed E-state index contributed by atoms with van der Waals surface area (Å²) in [6.07, 6.45) is -7.34. The van der Waals surface area contributed by atoms with Gasteiger partial charge in [0.25, 0.3) is 0 Å². The highest BCUT2D eigenvalue weighted by Gasteiger charge is 2.38. The number of hydrogen-bond donors (Lipinski definition) is 4. The highest BCUT2D eigenvalue weighted by molar-refractivity contribution is 5.73. The zero-order chi connectivity index (χ0) is 17.6. The maximum atomic E-state index is 10.6. The Labute approximate surface area is 120 Å². The van der Waals surface area contributed by atoms with Crippen molar-refractivity contribution in [2.24, 2.45) is 0 Å². The molecule has 22 heavy (non-hydrogen) atoms. The molecule has 1 aliphatic heterocycles. The molecule has 0 spiro atoms. The summed E-state index contributed by atoms with van der Waals surface area (Å²) in [6, 6.07) is 1.70. The standard InChI is InChI=1S/C6H12N2.2C2HF3O2/c1-2-5(1)8-6-3-7-4-6;2*3-2(4,5)1(6)7/h5-8H,1-4H2;2*(H,6,7). The van der Waals surface area contributed by atoms with E-state index in [2.05, 4.69) is 10.6 Å². The van der Waals surface area contributed by atoms with Crippen LogP contribution in [0.15, 0.2) is 0 Å². The van der Waals surface area contributed by atoms with Crippen molar-refractivity contribution >= 4 is 11.9 Å². The van der Waals surface area contributed by atoms with Gasteiger partial charge < -0.3 is 20.8 Å². The van der Waals surface area contributed by atoms with Gasteiger partial charge in [0, 0.05) is 25.2 Å². The molecule has 12 heteroatoms. The van der Waals surface area contributed by atoms with Crippen molar-refractivity contribution in [2.45, 2.75) is 37.3 Å². The number of nitrogens with one attached hydrogen (secondary N) is 2. The molecule has 6 nitrogen and oxygen atoms in total. The second kappa shape index (κ2) is 8.17. The van der Waals surface area contributed by atoms with Gasteiger partial charge in [0.2, 0.25) is 0 Å². The molecule has 1 aliphatic carbocycles. The van der Waals surface area contributed by atoms with E-state index in [0.717, 1.165) is 12.1 Å². The third-order valence-electron chi connectivity index (χ3n) is 2.32. The van der Waals surface area contributed by atoms with Crippen LogP contribution in [0, 0.1) is 0 Å². The molecule has 0 radical (unpaired) electrons. The summed E-state index contributed by atoms with van der Waals surface area (Å²) in [4.78, 5) is 17.8. The Bertz CT molecular complexity index is 353. The Hall–Kier alpha value is -1.56. The summed E-state index contributed by atoms with van der Waals surface area (Å²) >= 11 is 0. The fraction of sp³-hybridized carbons (Fsp3) is 0.800. The van der Waals surface area contributed by atoms with E-state index in [0.29, 0.717) is 0 Å². The lowest BCUT2D eigenvalue weighted by Gasteiger charge is -2.27. The first kappa shape index (κ1) is 20.4. The van der Waals surface area contributed by atoms with E-state index < -0.39 is 24.3 Å². The summed E-state index contributed by atoms with van der Waals surface area (Å²) in [5.41, 5.74) is 0. The van der Waals surface area contributed by atoms with Crippen LogP contribution in [0.2, 0.25) is 0 Å². The maximum Gasteiger partial charge on any atom is 0.490 e. The molecule has 1 saturated carbocycles. The van der Waals surface area contributed by atoms with E-state index in [4.69, 9.17) is 19.8 Å². The lowest BCUT2D eigenvalue weighted by Crippen LogP contribution is -2.55. The molecule has 2 fully saturated rings. The molecule has 2 rings (SSSR count). The Morgan fingerprint density at radius 2 is 1.18 bits per heavy atom. The number of aliphatic carboxylic acids is 2. The molecule has 0 unspecified atom stereocenters. The fourth-order valence-electron chi connectivity index (χ4n) is 0.990. The highest BCUT2D eigenvalue weighted by Crippen LogP contribution is 2.19. The normalized spacial score (nSPS) is 18.1. The van der Waals surface area contributed by atoms with Crippen molar-refractivity contribution in [2.75, 3.05) is 13.1 Å². The Balaban J connectivity index is 0.000000303. The van der Waals surface area contributed by atoms with Crippen molar-refractivity contribution in [3.63, 3.8) is 0 Å². The number of rotatable bonds is 2. The van der Waals surface area contributed by atoms with Crippen LogP contribution in [0.5, 0.6) is 0 Å². The van der Waals surface area contributed by atoms with Gasteiger partial charge >= 0.3 is 24.3 Å². The monoisotopic (exact) mass is 340 g/mol. The van der Waals surface area contributed by atoms with E-state index in [1.165, 1.54) is 25.9 Å². The molecule has 0 amide bonds. The van der Waals surface area contributed by atoms with Gasteiger partial charge in [-0.05, 0) is 12.8 Å². The average Bonchev–Trinajstić information content (AvgIpc) is 3.06. The van der Waals surface area contributed by atoms with Gasteiger partial charge in [-0.15, -0.1) is 0 Å². The lowest BCUT2D eigenvalue weighted by molar-refractivity contribution is -0.193. The van der Waals surface area contributed by atoms with Crippen LogP contribution in [0.1, 0.15) is 12.8 Å². The van der Waals surface area contributed by atoms with Gasteiger partial charge in [0.15, 0.2) is 0 Å². The Kier molecular flexibility index (Phi) is 7.59. The van der Waals surface area contributed by atoms with Gasteiger partial charge in [0.1, 0.15) is 0 Å². The van der Waals surface area contributed by atoms with Crippen LogP contribution in [0.3, 0.4) is 0 Å². The average molecular weight is 340 g/mol. The summed E-state index contributed by atoms with van der Waals surface area (Å²) < 4.78 is 63.5. The highest BCUT2D eigenvalue weighted by atomic mass is 19.4. The quantitative estimate of drug-likeness (QED) is 0.560. The summed E-state index contributed by atoms with van der Waals surface area (Å²) in [7, 11) is 0. The number of carboxylic acid groups (broad SMARTS) is 2. The van der Waals surface area contributed by atoms with Crippen molar-refractivity contribution in [1.82, 2.24) is 10.6 Å². The summed E-state index contributed by atoms with van der Waals surface area (Å²) in [5.74, 6) is -5.51. The SMILES string of the molecule is C1CC1NC1CNC1.O=C(O)C(F)(F)F.O=C(O)C(F)(F)F. The van der Waals surface area contributed by atoms with Crippen molar-refractivity contribution in [3.05, 3.63) is 0 Å². The van der Waals surface area contributed by atoms with Crippen LogP contribution >= 0.6 is 0 Å². The molecule has 0 bridgehead atoms. The smallest absolute Gasteiger partial charge is 0.475 e.